The average molecular weight is 299 g/mol. The Balaban J connectivity index is 1.69. The molecule has 2 aromatic heterocycles. The molecule has 3 heterocycles. The molecule has 3 aromatic rings. The number of fused-ring (bicyclic) bond motifs is 2. The van der Waals surface area contributed by atoms with Gasteiger partial charge in [-0.2, -0.15) is 4.52 Å². The molecule has 1 aliphatic heterocycles. The number of aryl methyl sites for hydroxylation is 1. The summed E-state index contributed by atoms with van der Waals surface area (Å²) in [5.74, 6) is 1.41. The number of para-hydroxylation sites is 1. The molecule has 0 fully saturated rings. The molecule has 1 aliphatic rings. The maximum Gasteiger partial charge on any atom is 0.178 e. The zero-order chi connectivity index (χ0) is 15.1. The SMILES string of the molecule is Cc1nnc2ccc(N[C@H]3CCOc4c(F)cccc43)nn12. The monoisotopic (exact) mass is 299 g/mol. The molecule has 0 amide bonds. The number of halogens is 1. The third-order valence-electron chi connectivity index (χ3n) is 3.77. The largest absolute Gasteiger partial charge is 0.490 e. The van der Waals surface area contributed by atoms with Crippen LogP contribution in [0.3, 0.4) is 0 Å². The molecule has 1 aromatic carbocycles. The summed E-state index contributed by atoms with van der Waals surface area (Å²) in [5.41, 5.74) is 1.51. The highest BCUT2D eigenvalue weighted by Crippen LogP contribution is 2.35. The second-order valence-corrected chi connectivity index (χ2v) is 5.23. The molecule has 4 rings (SSSR count). The Bertz CT molecular complexity index is 847. The van der Waals surface area contributed by atoms with Crippen LogP contribution in [0.25, 0.3) is 5.65 Å². The Morgan fingerprint density at radius 3 is 3.09 bits per heavy atom. The van der Waals surface area contributed by atoms with Crippen molar-refractivity contribution in [3.8, 4) is 5.75 Å². The van der Waals surface area contributed by atoms with E-state index in [4.69, 9.17) is 4.74 Å². The van der Waals surface area contributed by atoms with Gasteiger partial charge in [0.05, 0.1) is 12.6 Å². The van der Waals surface area contributed by atoms with Crippen molar-refractivity contribution >= 4 is 11.5 Å². The van der Waals surface area contributed by atoms with Gasteiger partial charge in [-0.1, -0.05) is 12.1 Å². The Labute approximate surface area is 125 Å². The summed E-state index contributed by atoms with van der Waals surface area (Å²) in [6, 6.07) is 8.63. The van der Waals surface area contributed by atoms with Crippen LogP contribution in [0.2, 0.25) is 0 Å². The summed E-state index contributed by atoms with van der Waals surface area (Å²) in [6.45, 7) is 2.31. The molecule has 0 spiro atoms. The lowest BCUT2D eigenvalue weighted by molar-refractivity contribution is 0.260. The van der Waals surface area contributed by atoms with Crippen molar-refractivity contribution in [3.63, 3.8) is 0 Å². The van der Waals surface area contributed by atoms with Crippen LogP contribution in [0.4, 0.5) is 10.2 Å². The van der Waals surface area contributed by atoms with E-state index >= 15 is 0 Å². The lowest BCUT2D eigenvalue weighted by Crippen LogP contribution is -2.22. The van der Waals surface area contributed by atoms with E-state index in [2.05, 4.69) is 20.6 Å². The van der Waals surface area contributed by atoms with Crippen molar-refractivity contribution in [2.45, 2.75) is 19.4 Å². The van der Waals surface area contributed by atoms with Crippen molar-refractivity contribution < 1.29 is 9.13 Å². The van der Waals surface area contributed by atoms with Crippen molar-refractivity contribution in [3.05, 3.63) is 47.5 Å². The number of aromatic nitrogens is 4. The molecule has 7 heteroatoms. The van der Waals surface area contributed by atoms with E-state index in [0.717, 1.165) is 17.8 Å². The fourth-order valence-electron chi connectivity index (χ4n) is 2.69. The first kappa shape index (κ1) is 13.0. The van der Waals surface area contributed by atoms with E-state index in [1.807, 2.05) is 25.1 Å². The predicted octanol–water partition coefficient (Wildman–Crippen LogP) is 2.51. The van der Waals surface area contributed by atoms with E-state index < -0.39 is 0 Å². The van der Waals surface area contributed by atoms with Crippen molar-refractivity contribution in [1.82, 2.24) is 19.8 Å². The van der Waals surface area contributed by atoms with Gasteiger partial charge in [0.1, 0.15) is 5.82 Å². The Hall–Kier alpha value is -2.70. The van der Waals surface area contributed by atoms with Crippen LogP contribution in [-0.4, -0.2) is 26.4 Å². The van der Waals surface area contributed by atoms with Gasteiger partial charge >= 0.3 is 0 Å². The number of benzene rings is 1. The highest BCUT2D eigenvalue weighted by molar-refractivity contribution is 5.48. The summed E-state index contributed by atoms with van der Waals surface area (Å²) in [4.78, 5) is 0. The number of nitrogens with one attached hydrogen (secondary N) is 1. The molecule has 0 radical (unpaired) electrons. The molecule has 1 N–H and O–H groups in total. The number of hydrogen-bond acceptors (Lipinski definition) is 5. The van der Waals surface area contributed by atoms with E-state index in [9.17, 15) is 4.39 Å². The van der Waals surface area contributed by atoms with Gasteiger partial charge in [0.15, 0.2) is 23.0 Å². The van der Waals surface area contributed by atoms with Crippen molar-refractivity contribution in [2.75, 3.05) is 11.9 Å². The van der Waals surface area contributed by atoms with Crippen LogP contribution < -0.4 is 10.1 Å². The third-order valence-corrected chi connectivity index (χ3v) is 3.77. The molecule has 1 atom stereocenters. The highest BCUT2D eigenvalue weighted by Gasteiger charge is 2.24. The first-order valence-electron chi connectivity index (χ1n) is 7.09. The zero-order valence-corrected chi connectivity index (χ0v) is 12.0. The van der Waals surface area contributed by atoms with Gasteiger partial charge in [0.2, 0.25) is 0 Å². The summed E-state index contributed by atoms with van der Waals surface area (Å²) in [5, 5.41) is 15.8. The number of nitrogens with zero attached hydrogens (tertiary/aromatic N) is 4. The molecule has 112 valence electrons. The third kappa shape index (κ3) is 2.05. The minimum Gasteiger partial charge on any atom is -0.490 e. The fourth-order valence-corrected chi connectivity index (χ4v) is 2.69. The van der Waals surface area contributed by atoms with Gasteiger partial charge in [0, 0.05) is 12.0 Å². The molecule has 0 unspecified atom stereocenters. The zero-order valence-electron chi connectivity index (χ0n) is 12.0. The molecule has 22 heavy (non-hydrogen) atoms. The maximum atomic E-state index is 13.8. The number of anilines is 1. The molecular formula is C15H14FN5O. The van der Waals surface area contributed by atoms with Crippen LogP contribution in [-0.2, 0) is 0 Å². The minimum atomic E-state index is -0.331. The molecular weight excluding hydrogens is 285 g/mol. The van der Waals surface area contributed by atoms with Crippen molar-refractivity contribution in [1.29, 1.82) is 0 Å². The average Bonchev–Trinajstić information content (AvgIpc) is 2.90. The van der Waals surface area contributed by atoms with Gasteiger partial charge in [-0.25, -0.2) is 4.39 Å². The van der Waals surface area contributed by atoms with Crippen LogP contribution in [0.15, 0.2) is 30.3 Å². The molecule has 6 nitrogen and oxygen atoms in total. The number of ether oxygens (including phenoxy) is 1. The van der Waals surface area contributed by atoms with Gasteiger partial charge < -0.3 is 10.1 Å². The minimum absolute atomic E-state index is 0.0406. The quantitative estimate of drug-likeness (QED) is 0.787. The first-order valence-corrected chi connectivity index (χ1v) is 7.09. The van der Waals surface area contributed by atoms with E-state index in [1.165, 1.54) is 6.07 Å². The fraction of sp³-hybridized carbons (Fsp3) is 0.267. The second kappa shape index (κ2) is 4.94. The highest BCUT2D eigenvalue weighted by atomic mass is 19.1. The van der Waals surface area contributed by atoms with E-state index in [0.29, 0.717) is 23.8 Å². The Kier molecular flexibility index (Phi) is 2.92. The van der Waals surface area contributed by atoms with Gasteiger partial charge in [-0.15, -0.1) is 15.3 Å². The number of rotatable bonds is 2. The summed E-state index contributed by atoms with van der Waals surface area (Å²) >= 11 is 0. The molecule has 0 aliphatic carbocycles. The lowest BCUT2D eigenvalue weighted by atomic mass is 10.0. The topological polar surface area (TPSA) is 64.3 Å². The standard InChI is InChI=1S/C15H14FN5O/c1-9-18-19-14-6-5-13(20-21(9)14)17-12-7-8-22-15-10(12)3-2-4-11(15)16/h2-6,12H,7-8H2,1H3,(H,17,20)/t12-/m0/s1. The maximum absolute atomic E-state index is 13.8. The molecule has 0 saturated carbocycles. The van der Waals surface area contributed by atoms with Crippen LogP contribution in [0.1, 0.15) is 23.9 Å². The Morgan fingerprint density at radius 2 is 2.18 bits per heavy atom. The normalized spacial score (nSPS) is 17.1. The molecule has 0 bridgehead atoms. The number of hydrogen-bond donors (Lipinski definition) is 1. The van der Waals surface area contributed by atoms with E-state index in [-0.39, 0.29) is 11.9 Å². The first-order chi connectivity index (χ1) is 10.7. The smallest absolute Gasteiger partial charge is 0.178 e. The van der Waals surface area contributed by atoms with Crippen LogP contribution >= 0.6 is 0 Å². The predicted molar refractivity (Wildman–Crippen MR) is 78.4 cm³/mol. The summed E-state index contributed by atoms with van der Waals surface area (Å²) in [7, 11) is 0. The van der Waals surface area contributed by atoms with Gasteiger partial charge in [-0.05, 0) is 25.1 Å². The Morgan fingerprint density at radius 1 is 1.27 bits per heavy atom. The summed E-state index contributed by atoms with van der Waals surface area (Å²) < 4.78 is 20.9. The van der Waals surface area contributed by atoms with Crippen LogP contribution in [0.5, 0.6) is 5.75 Å². The lowest BCUT2D eigenvalue weighted by Gasteiger charge is -2.27. The van der Waals surface area contributed by atoms with Crippen molar-refractivity contribution in [2.24, 2.45) is 0 Å². The van der Waals surface area contributed by atoms with Gasteiger partial charge in [0.25, 0.3) is 0 Å². The second-order valence-electron chi connectivity index (χ2n) is 5.23. The molecule has 0 saturated heterocycles. The van der Waals surface area contributed by atoms with Gasteiger partial charge in [-0.3, -0.25) is 0 Å². The van der Waals surface area contributed by atoms with Crippen LogP contribution in [0, 0.1) is 12.7 Å². The van der Waals surface area contributed by atoms with E-state index in [1.54, 1.807) is 10.6 Å². The summed E-state index contributed by atoms with van der Waals surface area (Å²) in [6.07, 6.45) is 0.747.